The molecule has 0 amide bonds. The standard InChI is InChI=1S/C18H25N3O2/c1-13-17(14(2)20-19-13)5-4-10-21(3)12-16-8-6-15(7-9-16)11-18(22)23/h6-9H,4-5,10-12H2,1-3H3,(H,19,20)(H,22,23). The Bertz CT molecular complexity index is 627. The molecule has 0 fully saturated rings. The van der Waals surface area contributed by atoms with Gasteiger partial charge in [0.05, 0.1) is 12.1 Å². The molecule has 5 heteroatoms. The van der Waals surface area contributed by atoms with E-state index >= 15 is 0 Å². The number of carboxylic acids is 1. The van der Waals surface area contributed by atoms with E-state index < -0.39 is 5.97 Å². The van der Waals surface area contributed by atoms with Crippen molar-refractivity contribution in [3.63, 3.8) is 0 Å². The Morgan fingerprint density at radius 2 is 1.87 bits per heavy atom. The number of aromatic amines is 1. The Morgan fingerprint density at radius 1 is 1.22 bits per heavy atom. The van der Waals surface area contributed by atoms with Gasteiger partial charge in [-0.3, -0.25) is 9.89 Å². The number of hydrogen-bond donors (Lipinski definition) is 2. The fraction of sp³-hybridized carbons (Fsp3) is 0.444. The third-order valence-electron chi connectivity index (χ3n) is 4.08. The molecule has 0 saturated carbocycles. The minimum Gasteiger partial charge on any atom is -0.481 e. The van der Waals surface area contributed by atoms with E-state index in [0.717, 1.165) is 37.2 Å². The van der Waals surface area contributed by atoms with Gasteiger partial charge in [0.15, 0.2) is 0 Å². The molecule has 1 aromatic heterocycles. The molecule has 0 atom stereocenters. The van der Waals surface area contributed by atoms with Crippen molar-refractivity contribution in [3.05, 3.63) is 52.3 Å². The lowest BCUT2D eigenvalue weighted by molar-refractivity contribution is -0.136. The monoisotopic (exact) mass is 315 g/mol. The number of benzene rings is 1. The first-order valence-electron chi connectivity index (χ1n) is 7.94. The molecule has 1 aromatic carbocycles. The van der Waals surface area contributed by atoms with Crippen LogP contribution in [0.5, 0.6) is 0 Å². The summed E-state index contributed by atoms with van der Waals surface area (Å²) >= 11 is 0. The summed E-state index contributed by atoms with van der Waals surface area (Å²) < 4.78 is 0. The smallest absolute Gasteiger partial charge is 0.307 e. The molecule has 0 aliphatic carbocycles. The normalized spacial score (nSPS) is 11.1. The van der Waals surface area contributed by atoms with Crippen molar-refractivity contribution in [3.8, 4) is 0 Å². The van der Waals surface area contributed by atoms with Crippen LogP contribution in [0.4, 0.5) is 0 Å². The molecule has 2 aromatic rings. The molecular formula is C18H25N3O2. The minimum absolute atomic E-state index is 0.0829. The largest absolute Gasteiger partial charge is 0.481 e. The summed E-state index contributed by atoms with van der Waals surface area (Å²) in [5.41, 5.74) is 5.64. The number of rotatable bonds is 8. The van der Waals surface area contributed by atoms with Gasteiger partial charge >= 0.3 is 5.97 Å². The van der Waals surface area contributed by atoms with Crippen molar-refractivity contribution in [1.29, 1.82) is 0 Å². The molecule has 0 unspecified atom stereocenters. The van der Waals surface area contributed by atoms with Gasteiger partial charge in [-0.25, -0.2) is 0 Å². The number of carboxylic acid groups (broad SMARTS) is 1. The van der Waals surface area contributed by atoms with E-state index in [1.54, 1.807) is 0 Å². The van der Waals surface area contributed by atoms with E-state index in [1.807, 2.05) is 31.2 Å². The second kappa shape index (κ2) is 7.92. The van der Waals surface area contributed by atoms with E-state index in [4.69, 9.17) is 5.11 Å². The lowest BCUT2D eigenvalue weighted by Crippen LogP contribution is -2.19. The van der Waals surface area contributed by atoms with Crippen LogP contribution in [0, 0.1) is 13.8 Å². The van der Waals surface area contributed by atoms with E-state index in [2.05, 4.69) is 29.1 Å². The average molecular weight is 315 g/mol. The van der Waals surface area contributed by atoms with Crippen molar-refractivity contribution in [2.24, 2.45) is 0 Å². The molecule has 124 valence electrons. The number of aryl methyl sites for hydroxylation is 2. The van der Waals surface area contributed by atoms with Crippen LogP contribution in [0.2, 0.25) is 0 Å². The van der Waals surface area contributed by atoms with E-state index in [1.165, 1.54) is 16.8 Å². The number of H-pyrrole nitrogens is 1. The fourth-order valence-electron chi connectivity index (χ4n) is 2.80. The number of carbonyl (C=O) groups is 1. The van der Waals surface area contributed by atoms with Crippen LogP contribution in [0.1, 0.15) is 34.5 Å². The molecule has 1 heterocycles. The Kier molecular flexibility index (Phi) is 5.93. The number of aliphatic carboxylic acids is 1. The van der Waals surface area contributed by atoms with Crippen LogP contribution >= 0.6 is 0 Å². The zero-order valence-electron chi connectivity index (χ0n) is 14.1. The van der Waals surface area contributed by atoms with Crippen LogP contribution in [0.25, 0.3) is 0 Å². The predicted molar refractivity (Wildman–Crippen MR) is 90.5 cm³/mol. The van der Waals surface area contributed by atoms with Gasteiger partial charge in [-0.15, -0.1) is 0 Å². The van der Waals surface area contributed by atoms with E-state index in [0.29, 0.717) is 0 Å². The summed E-state index contributed by atoms with van der Waals surface area (Å²) in [7, 11) is 2.11. The number of aromatic nitrogens is 2. The van der Waals surface area contributed by atoms with Gasteiger partial charge in [-0.05, 0) is 57.0 Å². The van der Waals surface area contributed by atoms with Gasteiger partial charge in [-0.2, -0.15) is 5.10 Å². The maximum Gasteiger partial charge on any atom is 0.307 e. The predicted octanol–water partition coefficient (Wildman–Crippen LogP) is 2.72. The second-order valence-corrected chi connectivity index (χ2v) is 6.14. The third kappa shape index (κ3) is 5.21. The molecule has 5 nitrogen and oxygen atoms in total. The minimum atomic E-state index is -0.792. The molecule has 23 heavy (non-hydrogen) atoms. The highest BCUT2D eigenvalue weighted by molar-refractivity contribution is 5.70. The number of nitrogens with zero attached hydrogens (tertiary/aromatic N) is 2. The molecule has 0 bridgehead atoms. The van der Waals surface area contributed by atoms with Gasteiger partial charge in [0, 0.05) is 12.2 Å². The molecule has 2 rings (SSSR count). The topological polar surface area (TPSA) is 69.2 Å². The maximum absolute atomic E-state index is 10.7. The third-order valence-corrected chi connectivity index (χ3v) is 4.08. The quantitative estimate of drug-likeness (QED) is 0.786. The molecule has 0 saturated heterocycles. The Labute approximate surface area is 137 Å². The second-order valence-electron chi connectivity index (χ2n) is 6.14. The van der Waals surface area contributed by atoms with Gasteiger partial charge in [0.25, 0.3) is 0 Å². The summed E-state index contributed by atoms with van der Waals surface area (Å²) in [4.78, 5) is 13.0. The Hall–Kier alpha value is -2.14. The van der Waals surface area contributed by atoms with Crippen molar-refractivity contribution in [2.75, 3.05) is 13.6 Å². The number of hydrogen-bond acceptors (Lipinski definition) is 3. The highest BCUT2D eigenvalue weighted by Crippen LogP contribution is 2.13. The Balaban J connectivity index is 1.78. The Morgan fingerprint density at radius 3 is 2.43 bits per heavy atom. The van der Waals surface area contributed by atoms with E-state index in [9.17, 15) is 4.79 Å². The molecule has 2 N–H and O–H groups in total. The van der Waals surface area contributed by atoms with Gasteiger partial charge in [0.1, 0.15) is 0 Å². The first-order valence-corrected chi connectivity index (χ1v) is 7.94. The van der Waals surface area contributed by atoms with Crippen LogP contribution in [-0.2, 0) is 24.2 Å². The van der Waals surface area contributed by atoms with Gasteiger partial charge in [0.2, 0.25) is 0 Å². The average Bonchev–Trinajstić information content (AvgIpc) is 2.80. The SMILES string of the molecule is Cc1n[nH]c(C)c1CCCN(C)Cc1ccc(CC(=O)O)cc1. The first kappa shape index (κ1) is 17.2. The molecule has 0 aliphatic rings. The van der Waals surface area contributed by atoms with Crippen LogP contribution < -0.4 is 0 Å². The molecule has 0 spiro atoms. The highest BCUT2D eigenvalue weighted by atomic mass is 16.4. The highest BCUT2D eigenvalue weighted by Gasteiger charge is 2.07. The maximum atomic E-state index is 10.7. The molecule has 0 radical (unpaired) electrons. The summed E-state index contributed by atoms with van der Waals surface area (Å²) in [5.74, 6) is -0.792. The summed E-state index contributed by atoms with van der Waals surface area (Å²) in [6.45, 7) is 6.00. The first-order chi connectivity index (χ1) is 11.0. The van der Waals surface area contributed by atoms with Crippen LogP contribution in [0.15, 0.2) is 24.3 Å². The molecule has 0 aliphatic heterocycles. The van der Waals surface area contributed by atoms with Gasteiger partial charge in [-0.1, -0.05) is 24.3 Å². The zero-order chi connectivity index (χ0) is 16.8. The summed E-state index contributed by atoms with van der Waals surface area (Å²) in [6.07, 6.45) is 2.21. The van der Waals surface area contributed by atoms with Crippen molar-refractivity contribution in [2.45, 2.75) is 39.7 Å². The molecular weight excluding hydrogens is 290 g/mol. The van der Waals surface area contributed by atoms with E-state index in [-0.39, 0.29) is 6.42 Å². The number of nitrogens with one attached hydrogen (secondary N) is 1. The fourth-order valence-corrected chi connectivity index (χ4v) is 2.80. The lowest BCUT2D eigenvalue weighted by atomic mass is 10.1. The zero-order valence-corrected chi connectivity index (χ0v) is 14.1. The summed E-state index contributed by atoms with van der Waals surface area (Å²) in [5, 5.41) is 16.0. The lowest BCUT2D eigenvalue weighted by Gasteiger charge is -2.17. The van der Waals surface area contributed by atoms with Crippen molar-refractivity contribution in [1.82, 2.24) is 15.1 Å². The van der Waals surface area contributed by atoms with Gasteiger partial charge < -0.3 is 10.0 Å². The summed E-state index contributed by atoms with van der Waals surface area (Å²) in [6, 6.07) is 7.82. The van der Waals surface area contributed by atoms with Crippen molar-refractivity contribution < 1.29 is 9.90 Å². The van der Waals surface area contributed by atoms with Crippen LogP contribution in [0.3, 0.4) is 0 Å². The van der Waals surface area contributed by atoms with Crippen molar-refractivity contribution >= 4 is 5.97 Å². The van der Waals surface area contributed by atoms with Crippen LogP contribution in [-0.4, -0.2) is 39.8 Å².